The van der Waals surface area contributed by atoms with Gasteiger partial charge in [0.25, 0.3) is 0 Å². The van der Waals surface area contributed by atoms with Gasteiger partial charge in [0.15, 0.2) is 0 Å². The molecule has 8 rings (SSSR count). The van der Waals surface area contributed by atoms with Gasteiger partial charge >= 0.3 is 12.2 Å². The first-order valence-electron chi connectivity index (χ1n) is 20.6. The summed E-state index contributed by atoms with van der Waals surface area (Å²) in [6.07, 6.45) is 4.97. The Morgan fingerprint density at radius 3 is 2.02 bits per heavy atom. The summed E-state index contributed by atoms with van der Waals surface area (Å²) in [5, 5.41) is 14.4. The minimum Gasteiger partial charge on any atom is -0.465 e. The molecule has 6 heterocycles. The Hall–Kier alpha value is -6.45. The maximum absolute atomic E-state index is 13.7. The molecule has 6 aromatic rings. The van der Waals surface area contributed by atoms with Gasteiger partial charge in [0.2, 0.25) is 11.8 Å². The number of likely N-dealkylation sites (tertiary alicyclic amines) is 2. The zero-order chi connectivity index (χ0) is 42.6. The summed E-state index contributed by atoms with van der Waals surface area (Å²) in [5.74, 6) is 1.56. The second-order valence-corrected chi connectivity index (χ2v) is 16.7. The molecule has 2 aliphatic rings. The Kier molecular flexibility index (Phi) is 10.7. The van der Waals surface area contributed by atoms with Gasteiger partial charge in [-0.25, -0.2) is 24.5 Å². The van der Waals surface area contributed by atoms with Crippen molar-refractivity contribution in [2.24, 2.45) is 11.8 Å². The molecule has 0 aliphatic carbocycles. The van der Waals surface area contributed by atoms with E-state index in [0.29, 0.717) is 24.7 Å². The van der Waals surface area contributed by atoms with Gasteiger partial charge in [0.05, 0.1) is 59.5 Å². The molecular formula is C44H52N10O6. The lowest BCUT2D eigenvalue weighted by Gasteiger charge is -2.33. The van der Waals surface area contributed by atoms with E-state index in [1.54, 1.807) is 22.2 Å². The largest absolute Gasteiger partial charge is 0.465 e. The summed E-state index contributed by atoms with van der Waals surface area (Å²) in [6.45, 7) is 10.6. The van der Waals surface area contributed by atoms with Crippen LogP contribution in [0.25, 0.3) is 49.8 Å². The number of carboxylic acid groups (broad SMARTS) is 1. The van der Waals surface area contributed by atoms with Crippen LogP contribution in [0, 0.1) is 18.8 Å². The summed E-state index contributed by atoms with van der Waals surface area (Å²) in [7, 11) is 2.74. The number of aromatic nitrogens is 6. The lowest BCUT2D eigenvalue weighted by molar-refractivity contribution is -0.138. The number of benzene rings is 2. The van der Waals surface area contributed by atoms with Crippen LogP contribution in [-0.2, 0) is 14.3 Å². The van der Waals surface area contributed by atoms with Crippen molar-refractivity contribution >= 4 is 51.3 Å². The van der Waals surface area contributed by atoms with E-state index >= 15 is 0 Å². The van der Waals surface area contributed by atoms with Gasteiger partial charge in [-0.15, -0.1) is 0 Å². The Morgan fingerprint density at radius 2 is 1.43 bits per heavy atom. The Balaban J connectivity index is 1.04. The summed E-state index contributed by atoms with van der Waals surface area (Å²) in [5.41, 5.74) is 6.41. The van der Waals surface area contributed by atoms with E-state index in [2.05, 4.69) is 62.2 Å². The minimum atomic E-state index is -1.13. The molecule has 16 heteroatoms. The molecule has 2 fully saturated rings. The summed E-state index contributed by atoms with van der Waals surface area (Å²) >= 11 is 0. The number of imidazole rings is 2. The molecule has 4 aromatic heterocycles. The molecule has 60 heavy (non-hydrogen) atoms. The second kappa shape index (κ2) is 16.0. The third-order valence-electron chi connectivity index (χ3n) is 12.2. The average Bonchev–Trinajstić information content (AvgIpc) is 4.07. The number of alkyl carbamates (subject to hydrolysis) is 1. The van der Waals surface area contributed by atoms with Gasteiger partial charge in [-0.2, -0.15) is 0 Å². The van der Waals surface area contributed by atoms with Crippen LogP contribution in [0.1, 0.15) is 82.9 Å². The highest BCUT2D eigenvalue weighted by atomic mass is 16.5. The molecule has 0 saturated carbocycles. The van der Waals surface area contributed by atoms with Crippen molar-refractivity contribution in [3.63, 3.8) is 0 Å². The molecule has 4 atom stereocenters. The van der Waals surface area contributed by atoms with Gasteiger partial charge in [-0.05, 0) is 68.7 Å². The number of carbonyl (C=O) groups excluding carboxylic acids is 3. The van der Waals surface area contributed by atoms with Crippen molar-refractivity contribution in [3.05, 3.63) is 72.3 Å². The highest BCUT2D eigenvalue weighted by Crippen LogP contribution is 2.37. The number of methoxy groups -OCH3 is 1. The maximum Gasteiger partial charge on any atom is 0.407 e. The molecule has 2 aromatic carbocycles. The van der Waals surface area contributed by atoms with E-state index in [0.717, 1.165) is 86.2 Å². The van der Waals surface area contributed by atoms with E-state index in [-0.39, 0.29) is 35.7 Å². The highest BCUT2D eigenvalue weighted by Gasteiger charge is 2.40. The molecule has 0 spiro atoms. The average molecular weight is 817 g/mol. The Bertz CT molecular complexity index is 2630. The number of nitrogens with zero attached hydrogens (tertiary/aromatic N) is 7. The number of amides is 4. The van der Waals surface area contributed by atoms with E-state index in [1.807, 2.05) is 34.6 Å². The quantitative estimate of drug-likeness (QED) is 0.112. The molecule has 4 amide bonds. The van der Waals surface area contributed by atoms with Crippen molar-refractivity contribution in [2.75, 3.05) is 27.2 Å². The number of likely N-dealkylation sites (N-methyl/N-ethyl adjacent to an activating group) is 1. The minimum absolute atomic E-state index is 0.122. The smallest absolute Gasteiger partial charge is 0.407 e. The molecule has 4 N–H and O–H groups in total. The lowest BCUT2D eigenvalue weighted by Crippen LogP contribution is -2.51. The van der Waals surface area contributed by atoms with Crippen molar-refractivity contribution in [1.29, 1.82) is 0 Å². The summed E-state index contributed by atoms with van der Waals surface area (Å²) in [4.78, 5) is 77.4. The number of aryl methyl sites for hydroxylation is 1. The number of fused-ring (bicyclic) bond motifs is 5. The fraction of sp³-hybridized carbons (Fsp3) is 0.432. The molecule has 0 unspecified atom stereocenters. The maximum atomic E-state index is 13.7. The van der Waals surface area contributed by atoms with Crippen LogP contribution in [0.5, 0.6) is 0 Å². The number of H-pyrrole nitrogens is 2. The first kappa shape index (κ1) is 40.3. The van der Waals surface area contributed by atoms with Gasteiger partial charge in [0, 0.05) is 42.0 Å². The SMILES string of the molecule is COC(=O)N[C@H](C(=O)N1CCC[C@H]1c1ncc(-c2ccc3c(c2)nc(C)n2c4ccc(-c5cnc([C@@H]6CCCN6C(=O)[C@H](C(C)C)N(C)C(=O)O)[nH]5)cc4cc32)[nH]1)C(C)C. The number of carbonyl (C=O) groups is 4. The van der Waals surface area contributed by atoms with Gasteiger partial charge in [-0.3, -0.25) is 18.9 Å². The van der Waals surface area contributed by atoms with Crippen molar-refractivity contribution < 1.29 is 29.0 Å². The van der Waals surface area contributed by atoms with E-state index in [1.165, 1.54) is 14.2 Å². The second-order valence-electron chi connectivity index (χ2n) is 16.7. The van der Waals surface area contributed by atoms with Gasteiger partial charge in [0.1, 0.15) is 29.6 Å². The van der Waals surface area contributed by atoms with Gasteiger partial charge < -0.3 is 34.9 Å². The van der Waals surface area contributed by atoms with Crippen molar-refractivity contribution in [3.8, 4) is 22.5 Å². The highest BCUT2D eigenvalue weighted by molar-refractivity contribution is 6.03. The molecule has 2 saturated heterocycles. The number of hydrogen-bond acceptors (Lipinski definition) is 8. The van der Waals surface area contributed by atoms with E-state index in [4.69, 9.17) is 19.7 Å². The van der Waals surface area contributed by atoms with Crippen LogP contribution in [-0.4, -0.2) is 112 Å². The monoisotopic (exact) mass is 816 g/mol. The zero-order valence-corrected chi connectivity index (χ0v) is 35.0. The van der Waals surface area contributed by atoms with E-state index in [9.17, 15) is 24.3 Å². The lowest BCUT2D eigenvalue weighted by atomic mass is 10.0. The van der Waals surface area contributed by atoms with Crippen LogP contribution >= 0.6 is 0 Å². The van der Waals surface area contributed by atoms with Crippen LogP contribution in [0.2, 0.25) is 0 Å². The molecule has 16 nitrogen and oxygen atoms in total. The molecule has 0 radical (unpaired) electrons. The van der Waals surface area contributed by atoms with E-state index < -0.39 is 24.3 Å². The fourth-order valence-corrected chi connectivity index (χ4v) is 9.16. The van der Waals surface area contributed by atoms with Crippen molar-refractivity contribution in [2.45, 2.75) is 84.5 Å². The number of aromatic amines is 2. The third-order valence-corrected chi connectivity index (χ3v) is 12.2. The number of nitrogens with one attached hydrogen (secondary N) is 3. The topological polar surface area (TPSA) is 194 Å². The Morgan fingerprint density at radius 1 is 0.833 bits per heavy atom. The first-order valence-corrected chi connectivity index (χ1v) is 20.6. The molecule has 0 bridgehead atoms. The summed E-state index contributed by atoms with van der Waals surface area (Å²) in [6, 6.07) is 12.6. The standard InChI is InChI=1S/C44H52N10O6/c1-23(2)37(50-43(57)60-7)41(55)52-16-8-10-34(52)39-46-22-32(49-39)27-12-14-29-30(19-27)47-25(5)54-33-15-13-26(18-28(33)20-36(29)54)31-21-45-40(48-31)35-11-9-17-53(35)42(56)38(24(3)4)51(6)44(58)59/h12-15,18-24,34-35,37-38H,8-11,16-17H2,1-7H3,(H,45,48)(H,46,49)(H,50,57)(H,58,59)/t34-,35-,37-,38-/m0/s1. The van der Waals surface area contributed by atoms with Crippen molar-refractivity contribution in [1.82, 2.24) is 49.3 Å². The third kappa shape index (κ3) is 7.17. The predicted octanol–water partition coefficient (Wildman–Crippen LogP) is 7.07. The van der Waals surface area contributed by atoms with Crippen LogP contribution in [0.15, 0.2) is 54.9 Å². The van der Waals surface area contributed by atoms with Crippen LogP contribution < -0.4 is 5.32 Å². The number of ether oxygens (including phenoxy) is 1. The predicted molar refractivity (Wildman–Crippen MR) is 226 cm³/mol. The Labute approximate surface area is 347 Å². The zero-order valence-electron chi connectivity index (χ0n) is 35.0. The first-order chi connectivity index (χ1) is 28.7. The van der Waals surface area contributed by atoms with Crippen LogP contribution in [0.4, 0.5) is 9.59 Å². The van der Waals surface area contributed by atoms with Crippen LogP contribution in [0.3, 0.4) is 0 Å². The fourth-order valence-electron chi connectivity index (χ4n) is 9.16. The number of rotatable bonds is 10. The normalized spacial score (nSPS) is 17.9. The molecule has 314 valence electrons. The van der Waals surface area contributed by atoms with Gasteiger partial charge in [-0.1, -0.05) is 45.9 Å². The molecular weight excluding hydrogens is 765 g/mol. The number of hydrogen-bond donors (Lipinski definition) is 4. The summed E-state index contributed by atoms with van der Waals surface area (Å²) < 4.78 is 6.94. The molecule has 2 aliphatic heterocycles.